The van der Waals surface area contributed by atoms with Crippen molar-refractivity contribution in [1.29, 1.82) is 0 Å². The number of benzene rings is 3. The number of carbonyl (C=O) groups excluding carboxylic acids is 1. The summed E-state index contributed by atoms with van der Waals surface area (Å²) in [6.45, 7) is 1.47. The fourth-order valence-electron chi connectivity index (χ4n) is 6.28. The van der Waals surface area contributed by atoms with E-state index >= 15 is 0 Å². The molecule has 1 aliphatic carbocycles. The number of methoxy groups -OCH3 is 2. The zero-order valence-electron chi connectivity index (χ0n) is 20.2. The Morgan fingerprint density at radius 3 is 2.57 bits per heavy atom. The number of ether oxygens (including phenoxy) is 2. The van der Waals surface area contributed by atoms with Gasteiger partial charge in [0.15, 0.2) is 0 Å². The van der Waals surface area contributed by atoms with E-state index in [1.807, 2.05) is 35.2 Å². The molecule has 2 aliphatic rings. The minimum absolute atomic E-state index is 0.0426. The molecule has 0 bridgehead atoms. The van der Waals surface area contributed by atoms with Crippen molar-refractivity contribution in [2.45, 2.75) is 24.7 Å². The molecule has 1 aliphatic heterocycles. The largest absolute Gasteiger partial charge is 0.497 e. The standard InChI is InChI=1S/C30H30N2O3/c1-34-23-12-10-20(11-13-23)29(33)32-15-14-30(21-6-5-7-24(16-21)35-2)18-28-26(17-22(30)19-32)25-8-3-4-9-27(25)31-28/h3-13,16,22,31H,14-15,17-19H2,1-2H3/t22?,30-/m1/s1. The summed E-state index contributed by atoms with van der Waals surface area (Å²) >= 11 is 0. The molecule has 178 valence electrons. The molecular formula is C30H30N2O3. The van der Waals surface area contributed by atoms with Gasteiger partial charge >= 0.3 is 0 Å². The van der Waals surface area contributed by atoms with Crippen LogP contribution in [0.25, 0.3) is 10.9 Å². The van der Waals surface area contributed by atoms with Gasteiger partial charge in [0.25, 0.3) is 5.91 Å². The zero-order chi connectivity index (χ0) is 24.0. The average Bonchev–Trinajstić information content (AvgIpc) is 3.28. The molecule has 2 atom stereocenters. The molecular weight excluding hydrogens is 436 g/mol. The lowest BCUT2D eigenvalue weighted by Gasteiger charge is -2.51. The van der Waals surface area contributed by atoms with Crippen LogP contribution in [-0.2, 0) is 18.3 Å². The molecule has 1 saturated heterocycles. The Hall–Kier alpha value is -3.73. The molecule has 5 nitrogen and oxygen atoms in total. The Labute approximate surface area is 205 Å². The quantitative estimate of drug-likeness (QED) is 0.439. The lowest BCUT2D eigenvalue weighted by atomic mass is 9.58. The summed E-state index contributed by atoms with van der Waals surface area (Å²) in [6, 6.07) is 24.6. The van der Waals surface area contributed by atoms with Gasteiger partial charge in [0.05, 0.1) is 14.2 Å². The van der Waals surface area contributed by atoms with Crippen LogP contribution in [0, 0.1) is 5.92 Å². The van der Waals surface area contributed by atoms with Gasteiger partial charge in [-0.3, -0.25) is 4.79 Å². The normalized spacial score (nSPS) is 21.3. The topological polar surface area (TPSA) is 54.6 Å². The van der Waals surface area contributed by atoms with E-state index in [9.17, 15) is 4.79 Å². The van der Waals surface area contributed by atoms with Crippen molar-refractivity contribution in [2.75, 3.05) is 27.3 Å². The van der Waals surface area contributed by atoms with Crippen molar-refractivity contribution in [3.8, 4) is 11.5 Å². The number of nitrogens with zero attached hydrogens (tertiary/aromatic N) is 1. The molecule has 1 amide bonds. The SMILES string of the molecule is COc1ccc(C(=O)N2CC[C@]3(c4cccc(OC)c4)Cc4[nH]c5ccccc5c4CC3C2)cc1. The van der Waals surface area contributed by atoms with Crippen molar-refractivity contribution < 1.29 is 14.3 Å². The predicted molar refractivity (Wildman–Crippen MR) is 137 cm³/mol. The third-order valence-electron chi connectivity index (χ3n) is 8.16. The van der Waals surface area contributed by atoms with Gasteiger partial charge in [-0.05, 0) is 78.8 Å². The number of carbonyl (C=O) groups is 1. The van der Waals surface area contributed by atoms with Crippen LogP contribution < -0.4 is 9.47 Å². The number of likely N-dealkylation sites (tertiary alicyclic amines) is 1. The molecule has 5 heteroatoms. The van der Waals surface area contributed by atoms with Crippen molar-refractivity contribution in [3.05, 3.63) is 95.2 Å². The molecule has 1 fully saturated rings. The second kappa shape index (κ2) is 8.49. The fraction of sp³-hybridized carbons (Fsp3) is 0.300. The van der Waals surface area contributed by atoms with E-state index in [2.05, 4.69) is 47.4 Å². The summed E-state index contributed by atoms with van der Waals surface area (Å²) in [5.74, 6) is 2.06. The number of aromatic amines is 1. The van der Waals surface area contributed by atoms with E-state index in [4.69, 9.17) is 9.47 Å². The molecule has 2 heterocycles. The molecule has 1 unspecified atom stereocenters. The Morgan fingerprint density at radius 2 is 1.77 bits per heavy atom. The number of H-pyrrole nitrogens is 1. The van der Waals surface area contributed by atoms with Crippen molar-refractivity contribution in [1.82, 2.24) is 9.88 Å². The molecule has 35 heavy (non-hydrogen) atoms. The van der Waals surface area contributed by atoms with Crippen LogP contribution in [0.2, 0.25) is 0 Å². The zero-order valence-corrected chi connectivity index (χ0v) is 20.2. The van der Waals surface area contributed by atoms with Crippen molar-refractivity contribution in [2.24, 2.45) is 5.92 Å². The van der Waals surface area contributed by atoms with Gasteiger partial charge < -0.3 is 19.4 Å². The van der Waals surface area contributed by atoms with Gasteiger partial charge in [0.1, 0.15) is 11.5 Å². The van der Waals surface area contributed by atoms with Crippen LogP contribution >= 0.6 is 0 Å². The third-order valence-corrected chi connectivity index (χ3v) is 8.16. The molecule has 6 rings (SSSR count). The highest BCUT2D eigenvalue weighted by Gasteiger charge is 2.49. The molecule has 3 aromatic carbocycles. The maximum absolute atomic E-state index is 13.5. The van der Waals surface area contributed by atoms with Gasteiger partial charge in [-0.15, -0.1) is 0 Å². The fourth-order valence-corrected chi connectivity index (χ4v) is 6.28. The molecule has 0 saturated carbocycles. The summed E-state index contributed by atoms with van der Waals surface area (Å²) in [4.78, 5) is 19.2. The highest BCUT2D eigenvalue weighted by molar-refractivity contribution is 5.94. The van der Waals surface area contributed by atoms with Crippen LogP contribution in [0.3, 0.4) is 0 Å². The Morgan fingerprint density at radius 1 is 0.971 bits per heavy atom. The van der Waals surface area contributed by atoms with Crippen molar-refractivity contribution >= 4 is 16.8 Å². The van der Waals surface area contributed by atoms with Crippen molar-refractivity contribution in [3.63, 3.8) is 0 Å². The maximum atomic E-state index is 13.5. The van der Waals surface area contributed by atoms with E-state index < -0.39 is 0 Å². The first-order valence-electron chi connectivity index (χ1n) is 12.3. The van der Waals surface area contributed by atoms with E-state index in [-0.39, 0.29) is 11.3 Å². The Kier molecular flexibility index (Phi) is 5.28. The minimum Gasteiger partial charge on any atom is -0.497 e. The highest BCUT2D eigenvalue weighted by Crippen LogP contribution is 2.49. The number of rotatable bonds is 4. The van der Waals surface area contributed by atoms with E-state index in [1.165, 1.54) is 27.7 Å². The first kappa shape index (κ1) is 21.8. The number of hydrogen-bond donors (Lipinski definition) is 1. The van der Waals surface area contributed by atoms with Crippen LogP contribution in [-0.4, -0.2) is 43.1 Å². The second-order valence-corrected chi connectivity index (χ2v) is 9.82. The summed E-state index contributed by atoms with van der Waals surface area (Å²) in [5, 5.41) is 1.31. The van der Waals surface area contributed by atoms with Crippen LogP contribution in [0.15, 0.2) is 72.8 Å². The Bertz CT molecular complexity index is 1390. The molecule has 4 aromatic rings. The van der Waals surface area contributed by atoms with E-state index in [0.29, 0.717) is 11.5 Å². The summed E-state index contributed by atoms with van der Waals surface area (Å²) < 4.78 is 10.9. The van der Waals surface area contributed by atoms with Crippen LogP contribution in [0.1, 0.15) is 33.6 Å². The van der Waals surface area contributed by atoms with Gasteiger partial charge in [-0.25, -0.2) is 0 Å². The maximum Gasteiger partial charge on any atom is 0.253 e. The molecule has 0 spiro atoms. The van der Waals surface area contributed by atoms with E-state index in [0.717, 1.165) is 43.9 Å². The Balaban J connectivity index is 1.39. The van der Waals surface area contributed by atoms with Crippen LogP contribution in [0.5, 0.6) is 11.5 Å². The summed E-state index contributed by atoms with van der Waals surface area (Å²) in [6.07, 6.45) is 2.81. The number of para-hydroxylation sites is 1. The van der Waals surface area contributed by atoms with Gasteiger partial charge in [0, 0.05) is 40.7 Å². The minimum atomic E-state index is -0.0426. The number of fused-ring (bicyclic) bond motifs is 4. The van der Waals surface area contributed by atoms with E-state index in [1.54, 1.807) is 14.2 Å². The van der Waals surface area contributed by atoms with Gasteiger partial charge in [-0.1, -0.05) is 30.3 Å². The first-order valence-corrected chi connectivity index (χ1v) is 12.3. The summed E-state index contributed by atoms with van der Waals surface area (Å²) in [7, 11) is 3.36. The molecule has 1 N–H and O–H groups in total. The lowest BCUT2D eigenvalue weighted by Crippen LogP contribution is -2.55. The number of nitrogens with one attached hydrogen (secondary N) is 1. The average molecular weight is 467 g/mol. The first-order chi connectivity index (χ1) is 17.1. The van der Waals surface area contributed by atoms with Gasteiger partial charge in [-0.2, -0.15) is 0 Å². The molecule has 1 aromatic heterocycles. The van der Waals surface area contributed by atoms with Gasteiger partial charge in [0.2, 0.25) is 0 Å². The third kappa shape index (κ3) is 3.57. The predicted octanol–water partition coefficient (Wildman–Crippen LogP) is 5.38. The molecule has 0 radical (unpaired) electrons. The number of hydrogen-bond acceptors (Lipinski definition) is 3. The lowest BCUT2D eigenvalue weighted by molar-refractivity contribution is 0.0501. The summed E-state index contributed by atoms with van der Waals surface area (Å²) in [5.41, 5.74) is 5.91. The smallest absolute Gasteiger partial charge is 0.253 e. The number of piperidine rings is 1. The van der Waals surface area contributed by atoms with Crippen LogP contribution in [0.4, 0.5) is 0 Å². The number of amides is 1. The number of aromatic nitrogens is 1. The highest BCUT2D eigenvalue weighted by atomic mass is 16.5. The second-order valence-electron chi connectivity index (χ2n) is 9.82. The monoisotopic (exact) mass is 466 g/mol.